The molecule has 7 aromatic carbocycles. The minimum absolute atomic E-state index is 0.180. The van der Waals surface area contributed by atoms with Gasteiger partial charge in [0.2, 0.25) is 0 Å². The van der Waals surface area contributed by atoms with Gasteiger partial charge in [-0.15, -0.1) is 34.0 Å². The molecular formula is C53H39N3S3. The van der Waals surface area contributed by atoms with Crippen LogP contribution in [0.3, 0.4) is 0 Å². The average molecular weight is 814 g/mol. The molecular weight excluding hydrogens is 775 g/mol. The van der Waals surface area contributed by atoms with Gasteiger partial charge in [-0.3, -0.25) is 0 Å². The summed E-state index contributed by atoms with van der Waals surface area (Å²) in [6.07, 6.45) is 0. The van der Waals surface area contributed by atoms with Crippen LogP contribution in [0.4, 0.5) is 49.1 Å². The van der Waals surface area contributed by atoms with Gasteiger partial charge in [-0.05, 0) is 135 Å². The summed E-state index contributed by atoms with van der Waals surface area (Å²) in [5.74, 6) is 0. The molecule has 0 amide bonds. The monoisotopic (exact) mass is 813 g/mol. The predicted octanol–water partition coefficient (Wildman–Crippen LogP) is 16.9. The third-order valence-corrected chi connectivity index (χ3v) is 14.2. The molecule has 0 saturated heterocycles. The van der Waals surface area contributed by atoms with E-state index in [4.69, 9.17) is 0 Å². The van der Waals surface area contributed by atoms with Crippen LogP contribution in [0.5, 0.6) is 0 Å². The minimum atomic E-state index is -0.180. The Morgan fingerprint density at radius 1 is 0.339 bits per heavy atom. The SMILES string of the molecule is CC1(C)c2ccccc2-c2cc3c(N(c4ccccc4)c4cccs4)c4cc(N(c5ccccc5)c5cccs5)ccc4c(N(c4ccccc4)c4cccs4)c3cc21. The van der Waals surface area contributed by atoms with E-state index in [0.29, 0.717) is 0 Å². The molecule has 0 spiro atoms. The van der Waals surface area contributed by atoms with Crippen LogP contribution in [0.15, 0.2) is 198 Å². The number of benzene rings is 7. The number of thiophene rings is 3. The second kappa shape index (κ2) is 14.4. The molecule has 3 heterocycles. The Bertz CT molecular complexity index is 3070. The lowest BCUT2D eigenvalue weighted by Gasteiger charge is -2.33. The molecule has 0 bridgehead atoms. The quantitative estimate of drug-likeness (QED) is 0.106. The topological polar surface area (TPSA) is 9.72 Å². The van der Waals surface area contributed by atoms with E-state index in [-0.39, 0.29) is 5.41 Å². The van der Waals surface area contributed by atoms with Gasteiger partial charge in [0.15, 0.2) is 0 Å². The molecule has 0 saturated carbocycles. The fourth-order valence-corrected chi connectivity index (χ4v) is 11.3. The summed E-state index contributed by atoms with van der Waals surface area (Å²) in [6.45, 7) is 4.77. The van der Waals surface area contributed by atoms with E-state index >= 15 is 0 Å². The summed E-state index contributed by atoms with van der Waals surface area (Å²) in [4.78, 5) is 7.38. The maximum atomic E-state index is 2.53. The first-order valence-corrected chi connectivity index (χ1v) is 22.5. The molecule has 11 rings (SSSR count). The molecule has 0 fully saturated rings. The first-order valence-electron chi connectivity index (χ1n) is 19.9. The highest BCUT2D eigenvalue weighted by molar-refractivity contribution is 7.15. The smallest absolute Gasteiger partial charge is 0.0999 e. The molecule has 1 aliphatic rings. The molecule has 0 atom stereocenters. The first kappa shape index (κ1) is 35.7. The van der Waals surface area contributed by atoms with Crippen molar-refractivity contribution in [3.8, 4) is 11.1 Å². The Morgan fingerprint density at radius 3 is 1.34 bits per heavy atom. The van der Waals surface area contributed by atoms with Gasteiger partial charge in [0, 0.05) is 49.7 Å². The molecule has 0 N–H and O–H groups in total. The molecule has 284 valence electrons. The highest BCUT2D eigenvalue weighted by atomic mass is 32.1. The van der Waals surface area contributed by atoms with Gasteiger partial charge in [-0.1, -0.05) is 98.8 Å². The molecule has 3 aromatic heterocycles. The van der Waals surface area contributed by atoms with Crippen LogP contribution >= 0.6 is 34.0 Å². The highest BCUT2D eigenvalue weighted by Gasteiger charge is 2.37. The normalized spacial score (nSPS) is 12.7. The molecule has 1 aliphatic carbocycles. The van der Waals surface area contributed by atoms with Crippen LogP contribution in [0.1, 0.15) is 25.0 Å². The second-order valence-electron chi connectivity index (χ2n) is 15.4. The van der Waals surface area contributed by atoms with E-state index < -0.39 is 0 Å². The molecule has 6 heteroatoms. The molecule has 3 nitrogen and oxygen atoms in total. The van der Waals surface area contributed by atoms with E-state index in [1.165, 1.54) is 54.5 Å². The Hall–Kier alpha value is -6.44. The number of anilines is 9. The van der Waals surface area contributed by atoms with Crippen molar-refractivity contribution in [2.24, 2.45) is 0 Å². The van der Waals surface area contributed by atoms with Crippen LogP contribution in [0.25, 0.3) is 32.7 Å². The van der Waals surface area contributed by atoms with Crippen molar-refractivity contribution in [3.05, 3.63) is 209 Å². The largest absolute Gasteiger partial charge is 0.302 e. The predicted molar refractivity (Wildman–Crippen MR) is 257 cm³/mol. The Balaban J connectivity index is 1.34. The molecule has 59 heavy (non-hydrogen) atoms. The van der Waals surface area contributed by atoms with Crippen molar-refractivity contribution >= 4 is 105 Å². The van der Waals surface area contributed by atoms with E-state index in [0.717, 1.165) is 38.4 Å². The summed E-state index contributed by atoms with van der Waals surface area (Å²) in [6, 6.07) is 66.9. The van der Waals surface area contributed by atoms with Gasteiger partial charge < -0.3 is 14.7 Å². The first-order chi connectivity index (χ1) is 29.1. The standard InChI is InChI=1S/C53H39N3S3/c1-53(2)46-24-13-12-23-40(46)42-34-44-45(35-47(42)53)51(55(49-26-15-31-58-49)37-19-8-4-9-20-37)41-29-28-39(54(48-25-14-30-57-48)36-17-6-3-7-18-36)33-43(41)52(44)56(50-27-16-32-59-50)38-21-10-5-11-22-38/h3-35H,1-2H3. The highest BCUT2D eigenvalue weighted by Crippen LogP contribution is 2.57. The summed E-state index contributed by atoms with van der Waals surface area (Å²) >= 11 is 5.30. The number of fused-ring (bicyclic) bond motifs is 5. The zero-order valence-electron chi connectivity index (χ0n) is 32.6. The molecule has 0 aliphatic heterocycles. The van der Waals surface area contributed by atoms with Crippen LogP contribution in [-0.4, -0.2) is 0 Å². The molecule has 10 aromatic rings. The van der Waals surface area contributed by atoms with Gasteiger partial charge in [-0.2, -0.15) is 0 Å². The number of para-hydroxylation sites is 3. The Kier molecular flexibility index (Phi) is 8.73. The van der Waals surface area contributed by atoms with Crippen molar-refractivity contribution in [1.82, 2.24) is 0 Å². The average Bonchev–Trinajstić information content (AvgIpc) is 4.14. The summed E-state index contributed by atoms with van der Waals surface area (Å²) in [7, 11) is 0. The fraction of sp³-hybridized carbons (Fsp3) is 0.0566. The summed E-state index contributed by atoms with van der Waals surface area (Å²) < 4.78 is 0. The van der Waals surface area contributed by atoms with Crippen molar-refractivity contribution in [3.63, 3.8) is 0 Å². The molecule has 0 unspecified atom stereocenters. The van der Waals surface area contributed by atoms with Crippen molar-refractivity contribution in [2.45, 2.75) is 19.3 Å². The van der Waals surface area contributed by atoms with Crippen molar-refractivity contribution < 1.29 is 0 Å². The third kappa shape index (κ3) is 5.90. The number of rotatable bonds is 9. The Labute approximate surface area is 356 Å². The lowest BCUT2D eigenvalue weighted by atomic mass is 9.81. The second-order valence-corrected chi connectivity index (χ2v) is 18.2. The summed E-state index contributed by atoms with van der Waals surface area (Å²) in [5.41, 5.74) is 12.0. The van der Waals surface area contributed by atoms with Gasteiger partial charge in [0.25, 0.3) is 0 Å². The lowest BCUT2D eigenvalue weighted by molar-refractivity contribution is 0.661. The van der Waals surface area contributed by atoms with Crippen LogP contribution in [-0.2, 0) is 5.41 Å². The van der Waals surface area contributed by atoms with E-state index in [9.17, 15) is 0 Å². The maximum Gasteiger partial charge on any atom is 0.0999 e. The maximum absolute atomic E-state index is 2.53. The number of nitrogens with zero attached hydrogens (tertiary/aromatic N) is 3. The van der Waals surface area contributed by atoms with Crippen LogP contribution < -0.4 is 14.7 Å². The zero-order chi connectivity index (χ0) is 39.5. The number of hydrogen-bond donors (Lipinski definition) is 0. The van der Waals surface area contributed by atoms with Gasteiger partial charge in [-0.25, -0.2) is 0 Å². The fourth-order valence-electron chi connectivity index (χ4n) is 9.04. The molecule has 0 radical (unpaired) electrons. The van der Waals surface area contributed by atoms with Crippen molar-refractivity contribution in [2.75, 3.05) is 14.7 Å². The van der Waals surface area contributed by atoms with Crippen molar-refractivity contribution in [1.29, 1.82) is 0 Å². The van der Waals surface area contributed by atoms with Gasteiger partial charge in [0.05, 0.1) is 26.4 Å². The van der Waals surface area contributed by atoms with Gasteiger partial charge in [0.1, 0.15) is 0 Å². The van der Waals surface area contributed by atoms with E-state index in [2.05, 4.69) is 227 Å². The lowest BCUT2D eigenvalue weighted by Crippen LogP contribution is -2.16. The van der Waals surface area contributed by atoms with E-state index in [1.807, 2.05) is 0 Å². The number of hydrogen-bond acceptors (Lipinski definition) is 6. The summed E-state index contributed by atoms with van der Waals surface area (Å²) in [5, 5.41) is 14.8. The zero-order valence-corrected chi connectivity index (χ0v) is 35.1. The van der Waals surface area contributed by atoms with Crippen LogP contribution in [0.2, 0.25) is 0 Å². The van der Waals surface area contributed by atoms with Crippen LogP contribution in [0, 0.1) is 0 Å². The Morgan fingerprint density at radius 2 is 0.797 bits per heavy atom. The van der Waals surface area contributed by atoms with E-state index in [1.54, 1.807) is 34.0 Å². The van der Waals surface area contributed by atoms with Gasteiger partial charge >= 0.3 is 0 Å². The minimum Gasteiger partial charge on any atom is -0.302 e. The third-order valence-electron chi connectivity index (χ3n) is 11.7.